The van der Waals surface area contributed by atoms with E-state index in [4.69, 9.17) is 5.73 Å². The van der Waals surface area contributed by atoms with Crippen molar-refractivity contribution >= 4 is 21.7 Å². The van der Waals surface area contributed by atoms with Crippen molar-refractivity contribution in [1.29, 1.82) is 0 Å². The standard InChI is InChI=1S/C12H12BrN3/c13-11-7-16(15-12(11)14)6-9-5-8-3-1-2-4-10(8)9/h1-4,7,9H,5-6H2,(H2,14,15). The fourth-order valence-corrected chi connectivity index (χ4v) is 2.57. The summed E-state index contributed by atoms with van der Waals surface area (Å²) in [7, 11) is 0. The monoisotopic (exact) mass is 277 g/mol. The normalized spacial score (nSPS) is 17.9. The molecule has 1 heterocycles. The molecule has 1 unspecified atom stereocenters. The highest BCUT2D eigenvalue weighted by molar-refractivity contribution is 9.10. The van der Waals surface area contributed by atoms with Crippen molar-refractivity contribution in [2.75, 3.05) is 5.73 Å². The molecule has 1 aromatic carbocycles. The average molecular weight is 278 g/mol. The highest BCUT2D eigenvalue weighted by Crippen LogP contribution is 2.36. The third kappa shape index (κ3) is 1.53. The van der Waals surface area contributed by atoms with Crippen LogP contribution in [0.1, 0.15) is 17.0 Å². The van der Waals surface area contributed by atoms with Gasteiger partial charge in [0.1, 0.15) is 0 Å². The van der Waals surface area contributed by atoms with E-state index in [9.17, 15) is 0 Å². The van der Waals surface area contributed by atoms with E-state index in [-0.39, 0.29) is 0 Å². The molecule has 3 rings (SSSR count). The maximum Gasteiger partial charge on any atom is 0.159 e. The number of halogens is 1. The lowest BCUT2D eigenvalue weighted by Crippen LogP contribution is -2.22. The molecule has 1 aliphatic carbocycles. The molecule has 0 saturated carbocycles. The molecule has 16 heavy (non-hydrogen) atoms. The van der Waals surface area contributed by atoms with E-state index in [0.29, 0.717) is 11.7 Å². The Bertz CT molecular complexity index is 513. The largest absolute Gasteiger partial charge is 0.381 e. The van der Waals surface area contributed by atoms with Gasteiger partial charge in [-0.2, -0.15) is 5.10 Å². The number of benzene rings is 1. The molecule has 1 atom stereocenters. The maximum absolute atomic E-state index is 5.69. The SMILES string of the molecule is Nc1nn(CC2Cc3ccccc32)cc1Br. The molecule has 0 aliphatic heterocycles. The summed E-state index contributed by atoms with van der Waals surface area (Å²) in [5, 5.41) is 4.25. The molecule has 3 nitrogen and oxygen atoms in total. The first-order valence-electron chi connectivity index (χ1n) is 5.30. The topological polar surface area (TPSA) is 43.8 Å². The van der Waals surface area contributed by atoms with Gasteiger partial charge in [0.15, 0.2) is 5.82 Å². The van der Waals surface area contributed by atoms with Gasteiger partial charge in [-0.3, -0.25) is 4.68 Å². The van der Waals surface area contributed by atoms with Crippen LogP contribution in [0.5, 0.6) is 0 Å². The summed E-state index contributed by atoms with van der Waals surface area (Å²) in [6, 6.07) is 8.58. The fraction of sp³-hybridized carbons (Fsp3) is 0.250. The minimum Gasteiger partial charge on any atom is -0.381 e. The number of nitrogens with two attached hydrogens (primary N) is 1. The molecule has 1 aromatic heterocycles. The molecule has 0 bridgehead atoms. The lowest BCUT2D eigenvalue weighted by molar-refractivity contribution is 0.476. The summed E-state index contributed by atoms with van der Waals surface area (Å²) in [4.78, 5) is 0. The lowest BCUT2D eigenvalue weighted by atomic mass is 9.78. The number of anilines is 1. The Morgan fingerprint density at radius 1 is 1.44 bits per heavy atom. The number of hydrogen-bond donors (Lipinski definition) is 1. The van der Waals surface area contributed by atoms with Crippen molar-refractivity contribution in [3.05, 3.63) is 46.1 Å². The Morgan fingerprint density at radius 2 is 2.25 bits per heavy atom. The second-order valence-corrected chi connectivity index (χ2v) is 5.04. The molecule has 82 valence electrons. The molecule has 0 spiro atoms. The zero-order chi connectivity index (χ0) is 11.1. The first-order valence-corrected chi connectivity index (χ1v) is 6.09. The molecule has 0 fully saturated rings. The molecule has 0 radical (unpaired) electrons. The van der Waals surface area contributed by atoms with Gasteiger partial charge in [0.2, 0.25) is 0 Å². The van der Waals surface area contributed by atoms with Gasteiger partial charge >= 0.3 is 0 Å². The summed E-state index contributed by atoms with van der Waals surface area (Å²) in [5.74, 6) is 1.15. The molecule has 0 amide bonds. The van der Waals surface area contributed by atoms with Gasteiger partial charge in [-0.15, -0.1) is 0 Å². The van der Waals surface area contributed by atoms with Crippen molar-refractivity contribution in [3.8, 4) is 0 Å². The summed E-state index contributed by atoms with van der Waals surface area (Å²) in [5.41, 5.74) is 8.61. The fourth-order valence-electron chi connectivity index (χ4n) is 2.26. The summed E-state index contributed by atoms with van der Waals surface area (Å²) in [6.07, 6.45) is 3.09. The van der Waals surface area contributed by atoms with Crippen LogP contribution in [0.25, 0.3) is 0 Å². The third-order valence-electron chi connectivity index (χ3n) is 3.11. The summed E-state index contributed by atoms with van der Waals surface area (Å²) >= 11 is 3.37. The van der Waals surface area contributed by atoms with Crippen molar-refractivity contribution in [2.24, 2.45) is 0 Å². The first-order chi connectivity index (χ1) is 7.74. The van der Waals surface area contributed by atoms with E-state index < -0.39 is 0 Å². The zero-order valence-electron chi connectivity index (χ0n) is 8.73. The Hall–Kier alpha value is -1.29. The van der Waals surface area contributed by atoms with E-state index in [1.165, 1.54) is 11.1 Å². The van der Waals surface area contributed by atoms with Crippen LogP contribution in [0.15, 0.2) is 34.9 Å². The molecule has 1 aliphatic rings. The van der Waals surface area contributed by atoms with Crippen LogP contribution in [0, 0.1) is 0 Å². The minimum atomic E-state index is 0.563. The van der Waals surface area contributed by atoms with E-state index in [0.717, 1.165) is 17.4 Å². The van der Waals surface area contributed by atoms with Crippen LogP contribution >= 0.6 is 15.9 Å². The predicted octanol–water partition coefficient (Wildman–Crippen LogP) is 2.57. The molecular weight excluding hydrogens is 266 g/mol. The Labute approximate surface area is 102 Å². The van der Waals surface area contributed by atoms with Crippen LogP contribution in [-0.4, -0.2) is 9.78 Å². The number of nitrogens with zero attached hydrogens (tertiary/aromatic N) is 2. The van der Waals surface area contributed by atoms with Crippen molar-refractivity contribution < 1.29 is 0 Å². The Kier molecular flexibility index (Phi) is 2.24. The van der Waals surface area contributed by atoms with Crippen molar-refractivity contribution in [2.45, 2.75) is 18.9 Å². The van der Waals surface area contributed by atoms with E-state index in [2.05, 4.69) is 45.3 Å². The van der Waals surface area contributed by atoms with Crippen molar-refractivity contribution in [1.82, 2.24) is 9.78 Å². The number of rotatable bonds is 2. The molecule has 2 aromatic rings. The number of nitrogen functional groups attached to an aromatic ring is 1. The van der Waals surface area contributed by atoms with Gasteiger partial charge in [0.25, 0.3) is 0 Å². The summed E-state index contributed by atoms with van der Waals surface area (Å²) < 4.78 is 2.79. The van der Waals surface area contributed by atoms with Gasteiger partial charge in [0.05, 0.1) is 4.47 Å². The number of hydrogen-bond acceptors (Lipinski definition) is 2. The molecule has 4 heteroatoms. The van der Waals surface area contributed by atoms with Gasteiger partial charge in [-0.25, -0.2) is 0 Å². The van der Waals surface area contributed by atoms with Crippen LogP contribution < -0.4 is 5.73 Å². The van der Waals surface area contributed by atoms with E-state index >= 15 is 0 Å². The minimum absolute atomic E-state index is 0.563. The number of aromatic nitrogens is 2. The van der Waals surface area contributed by atoms with Crippen LogP contribution in [0.4, 0.5) is 5.82 Å². The second-order valence-electron chi connectivity index (χ2n) is 4.18. The number of fused-ring (bicyclic) bond motifs is 1. The first kappa shape index (κ1) is 9.90. The zero-order valence-corrected chi connectivity index (χ0v) is 10.3. The Morgan fingerprint density at radius 3 is 2.94 bits per heavy atom. The second kappa shape index (κ2) is 3.63. The van der Waals surface area contributed by atoms with Crippen molar-refractivity contribution in [3.63, 3.8) is 0 Å². The van der Waals surface area contributed by atoms with Gasteiger partial charge in [0, 0.05) is 18.7 Å². The maximum atomic E-state index is 5.69. The average Bonchev–Trinajstić information content (AvgIpc) is 2.55. The smallest absolute Gasteiger partial charge is 0.159 e. The van der Waals surface area contributed by atoms with E-state index in [1.54, 1.807) is 0 Å². The molecule has 2 N–H and O–H groups in total. The molecule has 0 saturated heterocycles. The Balaban J connectivity index is 1.79. The molecular formula is C12H12BrN3. The van der Waals surface area contributed by atoms with Gasteiger partial charge in [-0.1, -0.05) is 24.3 Å². The van der Waals surface area contributed by atoms with Gasteiger partial charge in [-0.05, 0) is 33.5 Å². The highest BCUT2D eigenvalue weighted by Gasteiger charge is 2.25. The highest BCUT2D eigenvalue weighted by atomic mass is 79.9. The van der Waals surface area contributed by atoms with Crippen LogP contribution in [-0.2, 0) is 13.0 Å². The quantitative estimate of drug-likeness (QED) is 0.917. The van der Waals surface area contributed by atoms with Crippen LogP contribution in [0.2, 0.25) is 0 Å². The van der Waals surface area contributed by atoms with Crippen LogP contribution in [0.3, 0.4) is 0 Å². The van der Waals surface area contributed by atoms with E-state index in [1.807, 2.05) is 10.9 Å². The summed E-state index contributed by atoms with van der Waals surface area (Å²) in [6.45, 7) is 0.910. The third-order valence-corrected chi connectivity index (χ3v) is 3.72. The lowest BCUT2D eigenvalue weighted by Gasteiger charge is -2.29. The predicted molar refractivity (Wildman–Crippen MR) is 67.2 cm³/mol. The van der Waals surface area contributed by atoms with Gasteiger partial charge < -0.3 is 5.73 Å².